The molecule has 0 saturated carbocycles. The van der Waals surface area contributed by atoms with Crippen LogP contribution in [0, 0.1) is 19.8 Å². The molecular formula is C23H26N6O2. The Labute approximate surface area is 181 Å². The molecule has 1 atom stereocenters. The van der Waals surface area contributed by atoms with E-state index < -0.39 is 0 Å². The molecular weight excluding hydrogens is 392 g/mol. The number of hydrogen-bond acceptors (Lipinski definition) is 6. The summed E-state index contributed by atoms with van der Waals surface area (Å²) in [5.41, 5.74) is 3.16. The minimum atomic E-state index is -0.160. The molecule has 1 fully saturated rings. The summed E-state index contributed by atoms with van der Waals surface area (Å²) in [5.74, 6) is 1.19. The number of carbonyl (C=O) groups is 2. The second-order valence-electron chi connectivity index (χ2n) is 8.00. The third-order valence-electron chi connectivity index (χ3n) is 5.52. The van der Waals surface area contributed by atoms with Crippen molar-refractivity contribution >= 4 is 23.2 Å². The fraction of sp³-hybridized carbons (Fsp3) is 0.348. The second kappa shape index (κ2) is 8.67. The molecule has 1 amide bonds. The molecule has 3 aromatic rings. The predicted molar refractivity (Wildman–Crippen MR) is 119 cm³/mol. The second-order valence-corrected chi connectivity index (χ2v) is 8.00. The van der Waals surface area contributed by atoms with Crippen molar-refractivity contribution in [3.63, 3.8) is 0 Å². The largest absolute Gasteiger partial charge is 0.354 e. The van der Waals surface area contributed by atoms with Crippen LogP contribution in [-0.2, 0) is 4.79 Å². The van der Waals surface area contributed by atoms with Gasteiger partial charge in [0.05, 0.1) is 11.6 Å². The average molecular weight is 419 g/mol. The zero-order valence-electron chi connectivity index (χ0n) is 18.0. The lowest BCUT2D eigenvalue weighted by molar-refractivity contribution is -0.120. The molecule has 8 nitrogen and oxygen atoms in total. The minimum Gasteiger partial charge on any atom is -0.354 e. The predicted octanol–water partition coefficient (Wildman–Crippen LogP) is 3.34. The maximum Gasteiger partial charge on any atom is 0.229 e. The lowest BCUT2D eigenvalue weighted by atomic mass is 9.97. The molecule has 31 heavy (non-hydrogen) atoms. The smallest absolute Gasteiger partial charge is 0.229 e. The molecule has 1 N–H and O–H groups in total. The molecule has 4 rings (SSSR count). The van der Waals surface area contributed by atoms with Crippen LogP contribution in [0.2, 0.25) is 0 Å². The van der Waals surface area contributed by atoms with Gasteiger partial charge in [0, 0.05) is 30.0 Å². The van der Waals surface area contributed by atoms with Crippen LogP contribution in [0.25, 0.3) is 5.82 Å². The Hall–Kier alpha value is -3.55. The molecule has 0 radical (unpaired) electrons. The van der Waals surface area contributed by atoms with Gasteiger partial charge in [-0.15, -0.1) is 10.2 Å². The molecule has 160 valence electrons. The lowest BCUT2D eigenvalue weighted by Gasteiger charge is -2.32. The van der Waals surface area contributed by atoms with Crippen molar-refractivity contribution in [1.82, 2.24) is 20.0 Å². The lowest BCUT2D eigenvalue weighted by Crippen LogP contribution is -2.41. The summed E-state index contributed by atoms with van der Waals surface area (Å²) in [6, 6.07) is 12.9. The van der Waals surface area contributed by atoms with Crippen molar-refractivity contribution in [2.24, 2.45) is 5.92 Å². The van der Waals surface area contributed by atoms with Gasteiger partial charge in [0.2, 0.25) is 5.91 Å². The quantitative estimate of drug-likeness (QED) is 0.639. The van der Waals surface area contributed by atoms with Crippen molar-refractivity contribution in [3.05, 3.63) is 59.4 Å². The number of hydrogen-bond donors (Lipinski definition) is 1. The van der Waals surface area contributed by atoms with Crippen LogP contribution in [-0.4, -0.2) is 44.8 Å². The summed E-state index contributed by atoms with van der Waals surface area (Å²) in [6.45, 7) is 6.85. The number of aryl methyl sites for hydroxylation is 2. The van der Waals surface area contributed by atoms with Crippen LogP contribution in [0.3, 0.4) is 0 Å². The molecule has 2 aromatic heterocycles. The van der Waals surface area contributed by atoms with E-state index in [4.69, 9.17) is 0 Å². The van der Waals surface area contributed by atoms with Crippen molar-refractivity contribution in [2.45, 2.75) is 33.6 Å². The van der Waals surface area contributed by atoms with Gasteiger partial charge < -0.3 is 10.2 Å². The van der Waals surface area contributed by atoms with Crippen molar-refractivity contribution in [3.8, 4) is 5.82 Å². The molecule has 0 spiro atoms. The Morgan fingerprint density at radius 3 is 2.52 bits per heavy atom. The van der Waals surface area contributed by atoms with Crippen molar-refractivity contribution in [1.29, 1.82) is 0 Å². The van der Waals surface area contributed by atoms with Crippen LogP contribution in [0.15, 0.2) is 42.5 Å². The highest BCUT2D eigenvalue weighted by atomic mass is 16.2. The Morgan fingerprint density at radius 2 is 1.84 bits per heavy atom. The average Bonchev–Trinajstić information content (AvgIpc) is 3.12. The van der Waals surface area contributed by atoms with Gasteiger partial charge >= 0.3 is 0 Å². The number of carbonyl (C=O) groups excluding carboxylic acids is 2. The zero-order valence-corrected chi connectivity index (χ0v) is 18.0. The van der Waals surface area contributed by atoms with E-state index in [0.717, 1.165) is 36.6 Å². The third-order valence-corrected chi connectivity index (χ3v) is 5.52. The van der Waals surface area contributed by atoms with Gasteiger partial charge in [0.1, 0.15) is 0 Å². The van der Waals surface area contributed by atoms with Crippen LogP contribution >= 0.6 is 0 Å². The highest BCUT2D eigenvalue weighted by Gasteiger charge is 2.27. The Bertz CT molecular complexity index is 1110. The molecule has 1 aliphatic rings. The van der Waals surface area contributed by atoms with E-state index in [2.05, 4.69) is 25.5 Å². The third kappa shape index (κ3) is 4.63. The van der Waals surface area contributed by atoms with E-state index in [1.54, 1.807) is 28.9 Å². The van der Waals surface area contributed by atoms with Crippen LogP contribution in [0.5, 0.6) is 0 Å². The molecule has 1 unspecified atom stereocenters. The van der Waals surface area contributed by atoms with Gasteiger partial charge in [-0.3, -0.25) is 9.59 Å². The molecule has 1 aromatic carbocycles. The van der Waals surface area contributed by atoms with Crippen LogP contribution < -0.4 is 10.2 Å². The van der Waals surface area contributed by atoms with Crippen molar-refractivity contribution < 1.29 is 9.59 Å². The van der Waals surface area contributed by atoms with E-state index in [1.807, 2.05) is 32.0 Å². The van der Waals surface area contributed by atoms with E-state index in [9.17, 15) is 9.59 Å². The van der Waals surface area contributed by atoms with Gasteiger partial charge in [-0.1, -0.05) is 12.1 Å². The fourth-order valence-corrected chi connectivity index (χ4v) is 3.92. The van der Waals surface area contributed by atoms with Crippen molar-refractivity contribution in [2.75, 3.05) is 23.3 Å². The Kier molecular flexibility index (Phi) is 5.79. The first kappa shape index (κ1) is 20.7. The first-order valence-electron chi connectivity index (χ1n) is 10.4. The first-order chi connectivity index (χ1) is 14.9. The molecule has 1 saturated heterocycles. The van der Waals surface area contributed by atoms with E-state index in [0.29, 0.717) is 23.6 Å². The number of rotatable bonds is 5. The Morgan fingerprint density at radius 1 is 1.06 bits per heavy atom. The van der Waals surface area contributed by atoms with E-state index in [1.165, 1.54) is 6.92 Å². The summed E-state index contributed by atoms with van der Waals surface area (Å²) >= 11 is 0. The number of anilines is 2. The number of benzene rings is 1. The summed E-state index contributed by atoms with van der Waals surface area (Å²) in [6.07, 6.45) is 1.71. The maximum atomic E-state index is 12.8. The van der Waals surface area contributed by atoms with E-state index >= 15 is 0 Å². The van der Waals surface area contributed by atoms with Gasteiger partial charge in [-0.2, -0.15) is 5.10 Å². The number of piperidine rings is 1. The SMILES string of the molecule is CC(=O)c1cccc(NC(=O)C2CCCN(c3ccc(-n4nc(C)cc4C)nn3)C2)c1. The molecule has 0 aliphatic carbocycles. The minimum absolute atomic E-state index is 0.0255. The topological polar surface area (TPSA) is 93.0 Å². The zero-order chi connectivity index (χ0) is 22.0. The Balaban J connectivity index is 1.43. The monoisotopic (exact) mass is 418 g/mol. The fourth-order valence-electron chi connectivity index (χ4n) is 3.92. The summed E-state index contributed by atoms with van der Waals surface area (Å²) in [7, 11) is 0. The molecule has 3 heterocycles. The first-order valence-corrected chi connectivity index (χ1v) is 10.4. The number of amides is 1. The number of nitrogens with zero attached hydrogens (tertiary/aromatic N) is 5. The summed E-state index contributed by atoms with van der Waals surface area (Å²) in [5, 5.41) is 16.1. The van der Waals surface area contributed by atoms with Gasteiger partial charge in [0.15, 0.2) is 17.4 Å². The standard InChI is InChI=1S/C23H26N6O2/c1-15-12-16(2)29(27-15)22-10-9-21(25-26-22)28-11-5-7-19(14-28)23(31)24-20-8-4-6-18(13-20)17(3)30/h4,6,8-10,12-13,19H,5,7,11,14H2,1-3H3,(H,24,31). The normalized spacial score (nSPS) is 16.2. The molecule has 1 aliphatic heterocycles. The summed E-state index contributed by atoms with van der Waals surface area (Å²) < 4.78 is 1.77. The number of aromatic nitrogens is 4. The highest BCUT2D eigenvalue weighted by molar-refractivity contribution is 5.97. The maximum absolute atomic E-state index is 12.8. The molecule has 0 bridgehead atoms. The number of Topliss-reactive ketones (excluding diaryl/α,β-unsaturated/α-hetero) is 1. The highest BCUT2D eigenvalue weighted by Crippen LogP contribution is 2.23. The number of ketones is 1. The van der Waals surface area contributed by atoms with Gasteiger partial charge in [0.25, 0.3) is 0 Å². The van der Waals surface area contributed by atoms with Crippen LogP contribution in [0.1, 0.15) is 41.5 Å². The summed E-state index contributed by atoms with van der Waals surface area (Å²) in [4.78, 5) is 26.5. The van der Waals surface area contributed by atoms with Gasteiger partial charge in [-0.25, -0.2) is 4.68 Å². The number of nitrogens with one attached hydrogen (secondary N) is 1. The van der Waals surface area contributed by atoms with Crippen LogP contribution in [0.4, 0.5) is 11.5 Å². The molecule has 8 heteroatoms. The van der Waals surface area contributed by atoms with E-state index in [-0.39, 0.29) is 17.6 Å². The van der Waals surface area contributed by atoms with Gasteiger partial charge in [-0.05, 0) is 63.9 Å².